The Morgan fingerprint density at radius 3 is 2.80 bits per heavy atom. The summed E-state index contributed by atoms with van der Waals surface area (Å²) in [5, 5.41) is 10.3. The summed E-state index contributed by atoms with van der Waals surface area (Å²) in [6, 6.07) is 6.61. The van der Waals surface area contributed by atoms with Crippen molar-refractivity contribution >= 4 is 0 Å². The molecule has 1 saturated carbocycles. The normalized spacial score (nSPS) is 26.1. The van der Waals surface area contributed by atoms with Crippen LogP contribution in [0.15, 0.2) is 18.2 Å². The predicted molar refractivity (Wildman–Crippen MR) is 104 cm³/mol. The third kappa shape index (κ3) is 4.58. The van der Waals surface area contributed by atoms with Crippen molar-refractivity contribution in [1.82, 2.24) is 0 Å². The van der Waals surface area contributed by atoms with E-state index >= 15 is 0 Å². The molecule has 0 aliphatic heterocycles. The fourth-order valence-electron chi connectivity index (χ4n) is 5.21. The van der Waals surface area contributed by atoms with Crippen LogP contribution in [0.5, 0.6) is 5.75 Å². The molecule has 0 bridgehead atoms. The maximum absolute atomic E-state index is 10.3. The van der Waals surface area contributed by atoms with Gasteiger partial charge in [-0.25, -0.2) is 0 Å². The summed E-state index contributed by atoms with van der Waals surface area (Å²) < 4.78 is 5.87. The first-order chi connectivity index (χ1) is 12.2. The molecule has 0 amide bonds. The molecule has 1 fully saturated rings. The average Bonchev–Trinajstić information content (AvgIpc) is 3.01. The maximum Gasteiger partial charge on any atom is 0.122 e. The third-order valence-corrected chi connectivity index (χ3v) is 6.58. The molecule has 140 valence electrons. The summed E-state index contributed by atoms with van der Waals surface area (Å²) in [5.41, 5.74) is 2.99. The van der Waals surface area contributed by atoms with Gasteiger partial charge in [0.1, 0.15) is 5.75 Å². The molecule has 25 heavy (non-hydrogen) atoms. The summed E-state index contributed by atoms with van der Waals surface area (Å²) in [4.78, 5) is 0. The standard InChI is InChI=1S/C23H36O2/c1-3-5-6-9-20(24)14-13-17-11-12-19-16-22-18(15-21(17)19)8-7-10-23(22)25-4-2/h7-8,10,17,19-21,24H,3-6,9,11-16H2,1-2H3. The summed E-state index contributed by atoms with van der Waals surface area (Å²) in [6.07, 6.45) is 12.0. The fraction of sp³-hybridized carbons (Fsp3) is 0.739. The van der Waals surface area contributed by atoms with E-state index in [1.54, 1.807) is 0 Å². The topological polar surface area (TPSA) is 29.5 Å². The van der Waals surface area contributed by atoms with Crippen LogP contribution in [0.25, 0.3) is 0 Å². The van der Waals surface area contributed by atoms with Gasteiger partial charge in [-0.15, -0.1) is 0 Å². The third-order valence-electron chi connectivity index (χ3n) is 6.58. The van der Waals surface area contributed by atoms with Crippen molar-refractivity contribution in [3.63, 3.8) is 0 Å². The Morgan fingerprint density at radius 1 is 1.12 bits per heavy atom. The van der Waals surface area contributed by atoms with E-state index in [0.717, 1.165) is 43.0 Å². The van der Waals surface area contributed by atoms with Gasteiger partial charge in [-0.05, 0) is 86.8 Å². The Hall–Kier alpha value is -1.02. The molecular weight excluding hydrogens is 308 g/mol. The molecule has 3 rings (SSSR count). The highest BCUT2D eigenvalue weighted by Gasteiger charge is 2.39. The zero-order chi connectivity index (χ0) is 17.6. The number of unbranched alkanes of at least 4 members (excludes halogenated alkanes) is 2. The molecule has 0 heterocycles. The first kappa shape index (κ1) is 18.8. The van der Waals surface area contributed by atoms with E-state index in [1.165, 1.54) is 62.5 Å². The summed E-state index contributed by atoms with van der Waals surface area (Å²) in [7, 11) is 0. The number of benzene rings is 1. The predicted octanol–water partition coefficient (Wildman–Crippen LogP) is 5.55. The molecule has 1 aromatic rings. The Kier molecular flexibility index (Phi) is 6.81. The van der Waals surface area contributed by atoms with Crippen LogP contribution >= 0.6 is 0 Å². The van der Waals surface area contributed by atoms with Gasteiger partial charge >= 0.3 is 0 Å². The van der Waals surface area contributed by atoms with Crippen LogP contribution < -0.4 is 4.74 Å². The Morgan fingerprint density at radius 2 is 2.00 bits per heavy atom. The minimum Gasteiger partial charge on any atom is -0.494 e. The molecule has 0 spiro atoms. The van der Waals surface area contributed by atoms with Crippen LogP contribution in [-0.2, 0) is 12.8 Å². The quantitative estimate of drug-likeness (QED) is 0.595. The second kappa shape index (κ2) is 9.07. The number of ether oxygens (including phenoxy) is 1. The average molecular weight is 345 g/mol. The van der Waals surface area contributed by atoms with E-state index in [1.807, 2.05) is 0 Å². The van der Waals surface area contributed by atoms with Crippen LogP contribution in [0.2, 0.25) is 0 Å². The highest BCUT2D eigenvalue weighted by Crippen LogP contribution is 2.48. The Bertz CT molecular complexity index is 539. The van der Waals surface area contributed by atoms with Gasteiger partial charge in [0.25, 0.3) is 0 Å². The largest absolute Gasteiger partial charge is 0.494 e. The highest BCUT2D eigenvalue weighted by molar-refractivity contribution is 5.42. The molecule has 4 atom stereocenters. The molecule has 2 heteroatoms. The number of hydrogen-bond acceptors (Lipinski definition) is 2. The van der Waals surface area contributed by atoms with E-state index in [2.05, 4.69) is 32.0 Å². The van der Waals surface area contributed by atoms with E-state index in [0.29, 0.717) is 0 Å². The van der Waals surface area contributed by atoms with Gasteiger partial charge in [0, 0.05) is 0 Å². The van der Waals surface area contributed by atoms with E-state index in [-0.39, 0.29) is 6.10 Å². The van der Waals surface area contributed by atoms with Crippen LogP contribution in [-0.4, -0.2) is 17.8 Å². The van der Waals surface area contributed by atoms with E-state index < -0.39 is 0 Å². The van der Waals surface area contributed by atoms with Crippen LogP contribution in [0.4, 0.5) is 0 Å². The zero-order valence-electron chi connectivity index (χ0n) is 16.2. The summed E-state index contributed by atoms with van der Waals surface area (Å²) in [5.74, 6) is 3.59. The summed E-state index contributed by atoms with van der Waals surface area (Å²) in [6.45, 7) is 5.05. The lowest BCUT2D eigenvalue weighted by Gasteiger charge is -2.32. The number of fused-ring (bicyclic) bond motifs is 2. The van der Waals surface area contributed by atoms with Gasteiger partial charge in [-0.2, -0.15) is 0 Å². The SMILES string of the molecule is CCCCCC(O)CCC1CCC2Cc3c(cccc3OCC)CC12. The first-order valence-electron chi connectivity index (χ1n) is 10.6. The molecule has 0 radical (unpaired) electrons. The lowest BCUT2D eigenvalue weighted by Crippen LogP contribution is -2.26. The first-order valence-corrected chi connectivity index (χ1v) is 10.6. The smallest absolute Gasteiger partial charge is 0.122 e. The lowest BCUT2D eigenvalue weighted by atomic mass is 9.73. The molecule has 2 nitrogen and oxygen atoms in total. The number of aliphatic hydroxyl groups excluding tert-OH is 1. The molecule has 2 aliphatic rings. The van der Waals surface area contributed by atoms with Crippen molar-refractivity contribution in [3.05, 3.63) is 29.3 Å². The fourth-order valence-corrected chi connectivity index (χ4v) is 5.21. The number of rotatable bonds is 9. The van der Waals surface area contributed by atoms with Crippen molar-refractivity contribution in [2.75, 3.05) is 6.61 Å². The minimum absolute atomic E-state index is 0.0777. The van der Waals surface area contributed by atoms with E-state index in [4.69, 9.17) is 4.74 Å². The van der Waals surface area contributed by atoms with Crippen molar-refractivity contribution in [1.29, 1.82) is 0 Å². The molecule has 0 saturated heterocycles. The Labute approximate surface area is 154 Å². The highest BCUT2D eigenvalue weighted by atomic mass is 16.5. The lowest BCUT2D eigenvalue weighted by molar-refractivity contribution is 0.134. The van der Waals surface area contributed by atoms with Crippen molar-refractivity contribution in [3.8, 4) is 5.75 Å². The van der Waals surface area contributed by atoms with Gasteiger partial charge in [0.15, 0.2) is 0 Å². The molecule has 2 aliphatic carbocycles. The minimum atomic E-state index is -0.0777. The number of aliphatic hydroxyl groups is 1. The summed E-state index contributed by atoms with van der Waals surface area (Å²) >= 11 is 0. The van der Waals surface area contributed by atoms with E-state index in [9.17, 15) is 5.11 Å². The molecule has 0 aromatic heterocycles. The van der Waals surface area contributed by atoms with Crippen molar-refractivity contribution in [2.24, 2.45) is 17.8 Å². The second-order valence-corrected chi connectivity index (χ2v) is 8.22. The van der Waals surface area contributed by atoms with Crippen molar-refractivity contribution < 1.29 is 9.84 Å². The van der Waals surface area contributed by atoms with Gasteiger partial charge < -0.3 is 9.84 Å². The maximum atomic E-state index is 10.3. The number of hydrogen-bond donors (Lipinski definition) is 1. The second-order valence-electron chi connectivity index (χ2n) is 8.22. The van der Waals surface area contributed by atoms with Gasteiger partial charge in [-0.3, -0.25) is 0 Å². The molecular formula is C23H36O2. The van der Waals surface area contributed by atoms with Crippen LogP contribution in [0.1, 0.15) is 76.3 Å². The van der Waals surface area contributed by atoms with Gasteiger partial charge in [0.05, 0.1) is 12.7 Å². The Balaban J connectivity index is 1.56. The molecule has 4 unspecified atom stereocenters. The van der Waals surface area contributed by atoms with Gasteiger partial charge in [0.2, 0.25) is 0 Å². The van der Waals surface area contributed by atoms with Gasteiger partial charge in [-0.1, -0.05) is 38.3 Å². The molecule has 1 N–H and O–H groups in total. The van der Waals surface area contributed by atoms with Crippen LogP contribution in [0.3, 0.4) is 0 Å². The van der Waals surface area contributed by atoms with Crippen molar-refractivity contribution in [2.45, 2.75) is 84.2 Å². The monoisotopic (exact) mass is 344 g/mol. The molecule has 1 aromatic carbocycles. The van der Waals surface area contributed by atoms with Crippen LogP contribution in [0, 0.1) is 17.8 Å². The zero-order valence-corrected chi connectivity index (χ0v) is 16.2.